The molecule has 0 aliphatic carbocycles. The Kier molecular flexibility index (Phi) is 3.78. The summed E-state index contributed by atoms with van der Waals surface area (Å²) in [6.45, 7) is 2.26. The molecule has 2 heterocycles. The number of sulfonamides is 1. The molecular formula is C15H22N4O4S. The van der Waals surface area contributed by atoms with Crippen molar-refractivity contribution < 1.29 is 17.9 Å². The first-order chi connectivity index (χ1) is 11.1. The van der Waals surface area contributed by atoms with Crippen molar-refractivity contribution in [2.24, 2.45) is 5.14 Å². The number of likely N-dealkylation sites (tertiary alicyclic amines) is 1. The minimum Gasteiger partial charge on any atom is -0.410 e. The van der Waals surface area contributed by atoms with Gasteiger partial charge < -0.3 is 15.0 Å². The third-order valence-corrected chi connectivity index (χ3v) is 6.61. The van der Waals surface area contributed by atoms with Crippen LogP contribution in [-0.4, -0.2) is 58.5 Å². The number of nitrogens with zero attached hydrogens (tertiary/aromatic N) is 2. The summed E-state index contributed by atoms with van der Waals surface area (Å²) in [4.78, 5) is 15.5. The molecule has 3 atom stereocenters. The van der Waals surface area contributed by atoms with Gasteiger partial charge >= 0.3 is 6.09 Å². The predicted octanol–water partition coefficient (Wildman–Crippen LogP) is 0.0409. The van der Waals surface area contributed by atoms with Crippen molar-refractivity contribution in [3.63, 3.8) is 0 Å². The van der Waals surface area contributed by atoms with Crippen LogP contribution in [0.25, 0.3) is 0 Å². The summed E-state index contributed by atoms with van der Waals surface area (Å²) in [5.41, 5.74) is 1.01. The number of amides is 1. The number of carbonyl (C=O) groups excluding carboxylic acids is 1. The van der Waals surface area contributed by atoms with Crippen molar-refractivity contribution in [3.05, 3.63) is 23.8 Å². The summed E-state index contributed by atoms with van der Waals surface area (Å²) in [6.07, 6.45) is -0.708. The maximum atomic E-state index is 12.2. The van der Waals surface area contributed by atoms with Gasteiger partial charge in [0.1, 0.15) is 11.0 Å². The Morgan fingerprint density at radius 1 is 1.42 bits per heavy atom. The second kappa shape index (κ2) is 5.33. The van der Waals surface area contributed by atoms with Gasteiger partial charge in [0, 0.05) is 31.7 Å². The molecule has 1 aromatic rings. The van der Waals surface area contributed by atoms with Crippen molar-refractivity contribution in [3.8, 4) is 5.75 Å². The Bertz CT molecular complexity index is 797. The van der Waals surface area contributed by atoms with Crippen molar-refractivity contribution >= 4 is 21.8 Å². The molecule has 1 fully saturated rings. The zero-order chi connectivity index (χ0) is 17.9. The molecule has 3 unspecified atom stereocenters. The van der Waals surface area contributed by atoms with Crippen molar-refractivity contribution in [2.75, 3.05) is 32.6 Å². The summed E-state index contributed by atoms with van der Waals surface area (Å²) < 4.78 is 29.6. The van der Waals surface area contributed by atoms with E-state index in [0.29, 0.717) is 12.3 Å². The first kappa shape index (κ1) is 17.0. The van der Waals surface area contributed by atoms with Crippen LogP contribution in [0.2, 0.25) is 0 Å². The minimum atomic E-state index is -3.74. The summed E-state index contributed by atoms with van der Waals surface area (Å²) >= 11 is 0. The molecule has 1 aromatic carbocycles. The molecule has 0 radical (unpaired) electrons. The van der Waals surface area contributed by atoms with Gasteiger partial charge in [-0.1, -0.05) is 6.92 Å². The van der Waals surface area contributed by atoms with E-state index in [1.807, 2.05) is 36.9 Å². The molecule has 1 amide bonds. The molecule has 1 saturated heterocycles. The quantitative estimate of drug-likeness (QED) is 0.777. The maximum absolute atomic E-state index is 12.2. The zero-order valence-electron chi connectivity index (χ0n) is 14.1. The van der Waals surface area contributed by atoms with Crippen LogP contribution in [0.4, 0.5) is 10.5 Å². The fourth-order valence-electron chi connectivity index (χ4n) is 4.24. The normalized spacial score (nSPS) is 29.3. The van der Waals surface area contributed by atoms with E-state index in [0.717, 1.165) is 11.3 Å². The summed E-state index contributed by atoms with van der Waals surface area (Å²) in [6, 6.07) is 5.27. The molecule has 2 aliphatic rings. The molecule has 0 bridgehead atoms. The molecule has 3 N–H and O–H groups in total. The Balaban J connectivity index is 2.14. The fraction of sp³-hybridized carbons (Fsp3) is 0.533. The minimum absolute atomic E-state index is 0.133. The van der Waals surface area contributed by atoms with Gasteiger partial charge in [-0.2, -0.15) is 0 Å². The fourth-order valence-corrected chi connectivity index (χ4v) is 5.61. The molecule has 0 spiro atoms. The molecule has 0 saturated carbocycles. The first-order valence-corrected chi connectivity index (χ1v) is 9.20. The van der Waals surface area contributed by atoms with Gasteiger partial charge in [0.15, 0.2) is 0 Å². The molecule has 24 heavy (non-hydrogen) atoms. The molecule has 132 valence electrons. The van der Waals surface area contributed by atoms with Gasteiger partial charge in [-0.3, -0.25) is 4.90 Å². The second-order valence-corrected chi connectivity index (χ2v) is 8.35. The second-order valence-electron chi connectivity index (χ2n) is 6.60. The summed E-state index contributed by atoms with van der Waals surface area (Å²) in [5.74, 6) is 0.367. The summed E-state index contributed by atoms with van der Waals surface area (Å²) in [7, 11) is 1.55. The average molecular weight is 354 g/mol. The molecule has 0 aromatic heterocycles. The highest BCUT2D eigenvalue weighted by atomic mass is 32.2. The first-order valence-electron chi connectivity index (χ1n) is 7.59. The Hall–Kier alpha value is -1.84. The number of benzene rings is 1. The third kappa shape index (κ3) is 2.27. The van der Waals surface area contributed by atoms with Gasteiger partial charge in [-0.05, 0) is 30.8 Å². The number of rotatable bonds is 2. The highest BCUT2D eigenvalue weighted by Crippen LogP contribution is 2.53. The van der Waals surface area contributed by atoms with Gasteiger partial charge in [-0.25, -0.2) is 18.4 Å². The van der Waals surface area contributed by atoms with Crippen LogP contribution < -0.4 is 20.1 Å². The van der Waals surface area contributed by atoms with Crippen molar-refractivity contribution in [2.45, 2.75) is 23.8 Å². The van der Waals surface area contributed by atoms with Crippen LogP contribution in [0.15, 0.2) is 18.2 Å². The molecule has 8 nitrogen and oxygen atoms in total. The number of anilines is 1. The van der Waals surface area contributed by atoms with Crippen LogP contribution in [0.5, 0.6) is 5.75 Å². The van der Waals surface area contributed by atoms with Crippen molar-refractivity contribution in [1.82, 2.24) is 10.2 Å². The highest BCUT2D eigenvalue weighted by molar-refractivity contribution is 7.89. The van der Waals surface area contributed by atoms with Gasteiger partial charge in [0.2, 0.25) is 10.0 Å². The zero-order valence-corrected chi connectivity index (χ0v) is 14.9. The summed E-state index contributed by atoms with van der Waals surface area (Å²) in [5, 5.41) is 7.17. The van der Waals surface area contributed by atoms with Gasteiger partial charge in [-0.15, -0.1) is 0 Å². The number of carbonyl (C=O) groups is 1. The van der Waals surface area contributed by atoms with E-state index < -0.39 is 26.8 Å². The van der Waals surface area contributed by atoms with Crippen LogP contribution in [0, 0.1) is 0 Å². The largest absolute Gasteiger partial charge is 0.412 e. The van der Waals surface area contributed by atoms with Crippen molar-refractivity contribution in [1.29, 1.82) is 0 Å². The Morgan fingerprint density at radius 3 is 2.67 bits per heavy atom. The van der Waals surface area contributed by atoms with E-state index in [1.54, 1.807) is 12.1 Å². The lowest BCUT2D eigenvalue weighted by Crippen LogP contribution is -2.49. The lowest BCUT2D eigenvalue weighted by molar-refractivity contribution is 0.203. The smallest absolute Gasteiger partial charge is 0.410 e. The Morgan fingerprint density at radius 2 is 2.08 bits per heavy atom. The lowest BCUT2D eigenvalue weighted by atomic mass is 9.81. The number of hydrogen-bond donors (Lipinski definition) is 2. The van der Waals surface area contributed by atoms with E-state index in [4.69, 9.17) is 9.88 Å². The van der Waals surface area contributed by atoms with E-state index in [2.05, 4.69) is 5.32 Å². The third-order valence-electron chi connectivity index (χ3n) is 5.18. The van der Waals surface area contributed by atoms with Crippen LogP contribution in [-0.2, 0) is 15.4 Å². The molecule has 2 aliphatic heterocycles. The van der Waals surface area contributed by atoms with E-state index >= 15 is 0 Å². The number of ether oxygens (including phenoxy) is 1. The highest BCUT2D eigenvalue weighted by Gasteiger charge is 2.61. The number of nitrogens with one attached hydrogen (secondary N) is 1. The predicted molar refractivity (Wildman–Crippen MR) is 90.6 cm³/mol. The van der Waals surface area contributed by atoms with Crippen LogP contribution in [0.3, 0.4) is 0 Å². The van der Waals surface area contributed by atoms with Gasteiger partial charge in [0.05, 0.1) is 6.17 Å². The number of hydrogen-bond acceptors (Lipinski definition) is 6. The number of nitrogens with two attached hydrogens (primary N) is 1. The SMILES string of the molecule is CNC(=O)Oc1ccc2c(c1)C1(C)C(N(C)CC1S(N)(=O)=O)N2C. The lowest BCUT2D eigenvalue weighted by Gasteiger charge is -2.33. The average Bonchev–Trinajstić information content (AvgIpc) is 2.90. The number of fused-ring (bicyclic) bond motifs is 3. The van der Waals surface area contributed by atoms with E-state index in [1.165, 1.54) is 7.05 Å². The van der Waals surface area contributed by atoms with E-state index in [9.17, 15) is 13.2 Å². The molecule has 3 rings (SSSR count). The van der Waals surface area contributed by atoms with E-state index in [-0.39, 0.29) is 6.17 Å². The van der Waals surface area contributed by atoms with Crippen LogP contribution >= 0.6 is 0 Å². The molecule has 9 heteroatoms. The molecular weight excluding hydrogens is 332 g/mol. The Labute approximate surface area is 141 Å². The number of primary sulfonamides is 1. The van der Waals surface area contributed by atoms with Gasteiger partial charge in [0.25, 0.3) is 0 Å². The monoisotopic (exact) mass is 354 g/mol. The topological polar surface area (TPSA) is 105 Å². The standard InChI is InChI=1S/C15H22N4O4S/c1-15-10-7-9(23-14(20)17-2)5-6-11(10)19(4)13(15)18(3)8-12(15)24(16,21)22/h5-7,12-13H,8H2,1-4H3,(H,17,20)(H2,16,21,22). The van der Waals surface area contributed by atoms with Crippen LogP contribution in [0.1, 0.15) is 12.5 Å². The number of likely N-dealkylation sites (N-methyl/N-ethyl adjacent to an activating group) is 2. The maximum Gasteiger partial charge on any atom is 0.412 e.